The fraction of sp³-hybridized carbons (Fsp3) is 0.438. The lowest BCUT2D eigenvalue weighted by Crippen LogP contribution is -2.38. The van der Waals surface area contributed by atoms with Gasteiger partial charge in [0, 0.05) is 24.2 Å². The van der Waals surface area contributed by atoms with E-state index in [1.807, 2.05) is 6.92 Å². The molecule has 6 nitrogen and oxygen atoms in total. The number of carboxylic acids is 1. The number of hydrogen-bond acceptors (Lipinski definition) is 4. The van der Waals surface area contributed by atoms with Gasteiger partial charge in [-0.05, 0) is 37.6 Å². The van der Waals surface area contributed by atoms with Crippen LogP contribution in [0.1, 0.15) is 43.5 Å². The summed E-state index contributed by atoms with van der Waals surface area (Å²) < 4.78 is 0. The highest BCUT2D eigenvalue weighted by molar-refractivity contribution is 5.95. The van der Waals surface area contributed by atoms with Crippen molar-refractivity contribution in [3.63, 3.8) is 0 Å². The van der Waals surface area contributed by atoms with Gasteiger partial charge in [0.15, 0.2) is 5.78 Å². The minimum Gasteiger partial charge on any atom is -0.480 e. The summed E-state index contributed by atoms with van der Waals surface area (Å²) in [5, 5.41) is 14.5. The van der Waals surface area contributed by atoms with Crippen molar-refractivity contribution in [2.75, 3.05) is 11.9 Å². The van der Waals surface area contributed by atoms with Gasteiger partial charge in [0.25, 0.3) is 0 Å². The first-order valence-electron chi connectivity index (χ1n) is 7.31. The molecule has 0 bridgehead atoms. The molecule has 0 heterocycles. The van der Waals surface area contributed by atoms with Gasteiger partial charge in [0.05, 0.1) is 0 Å². The maximum Gasteiger partial charge on any atom is 0.320 e. The number of ketones is 1. The first kappa shape index (κ1) is 17.8. The maximum atomic E-state index is 11.8. The van der Waals surface area contributed by atoms with Gasteiger partial charge < -0.3 is 15.7 Å². The lowest BCUT2D eigenvalue weighted by molar-refractivity contribution is -0.139. The van der Waals surface area contributed by atoms with Crippen molar-refractivity contribution in [1.29, 1.82) is 0 Å². The second kappa shape index (κ2) is 8.94. The summed E-state index contributed by atoms with van der Waals surface area (Å²) in [6, 6.07) is 6.02. The molecule has 1 aromatic rings. The van der Waals surface area contributed by atoms with Crippen LogP contribution >= 0.6 is 0 Å². The third-order valence-corrected chi connectivity index (χ3v) is 3.19. The Morgan fingerprint density at radius 2 is 1.82 bits per heavy atom. The molecule has 0 aliphatic heterocycles. The van der Waals surface area contributed by atoms with Crippen molar-refractivity contribution in [2.45, 2.75) is 39.2 Å². The van der Waals surface area contributed by atoms with Crippen molar-refractivity contribution >= 4 is 23.3 Å². The van der Waals surface area contributed by atoms with E-state index >= 15 is 0 Å². The summed E-state index contributed by atoms with van der Waals surface area (Å²) in [6.07, 6.45) is 1.48. The van der Waals surface area contributed by atoms with Crippen molar-refractivity contribution < 1.29 is 19.5 Å². The van der Waals surface area contributed by atoms with Crippen LogP contribution in [0, 0.1) is 0 Å². The quantitative estimate of drug-likeness (QED) is 0.607. The minimum atomic E-state index is -0.901. The fourth-order valence-corrected chi connectivity index (χ4v) is 1.97. The zero-order chi connectivity index (χ0) is 16.5. The standard InChI is InChI=1S/C16H22N2O4/c1-3-4-14(16(21)22)17-10-9-15(20)18-13-7-5-12(6-8-13)11(2)19/h5-8,14,17H,3-4,9-10H2,1-2H3,(H,18,20)(H,21,22). The van der Waals surface area contributed by atoms with E-state index in [4.69, 9.17) is 5.11 Å². The number of benzene rings is 1. The van der Waals surface area contributed by atoms with Crippen LogP contribution in [0.4, 0.5) is 5.69 Å². The van der Waals surface area contributed by atoms with Gasteiger partial charge in [-0.1, -0.05) is 13.3 Å². The third kappa shape index (κ3) is 6.05. The fourth-order valence-electron chi connectivity index (χ4n) is 1.97. The Hall–Kier alpha value is -2.21. The largest absolute Gasteiger partial charge is 0.480 e. The molecule has 0 aromatic heterocycles. The Bertz CT molecular complexity index is 525. The van der Waals surface area contributed by atoms with Crippen LogP contribution < -0.4 is 10.6 Å². The van der Waals surface area contributed by atoms with E-state index in [0.29, 0.717) is 24.2 Å². The Labute approximate surface area is 129 Å². The van der Waals surface area contributed by atoms with E-state index in [1.165, 1.54) is 6.92 Å². The van der Waals surface area contributed by atoms with Gasteiger partial charge in [-0.25, -0.2) is 0 Å². The van der Waals surface area contributed by atoms with Gasteiger partial charge in [-0.15, -0.1) is 0 Å². The number of nitrogens with one attached hydrogen (secondary N) is 2. The predicted octanol–water partition coefficient (Wildman–Crippen LogP) is 2.06. The van der Waals surface area contributed by atoms with Crippen LogP contribution in [0.5, 0.6) is 0 Å². The van der Waals surface area contributed by atoms with Crippen molar-refractivity contribution in [3.05, 3.63) is 29.8 Å². The Morgan fingerprint density at radius 3 is 2.32 bits per heavy atom. The smallest absolute Gasteiger partial charge is 0.320 e. The topological polar surface area (TPSA) is 95.5 Å². The number of Topliss-reactive ketones (excluding diaryl/α,β-unsaturated/α-hetero) is 1. The first-order valence-corrected chi connectivity index (χ1v) is 7.31. The molecule has 0 aliphatic rings. The zero-order valence-electron chi connectivity index (χ0n) is 12.9. The molecular weight excluding hydrogens is 284 g/mol. The Morgan fingerprint density at radius 1 is 1.18 bits per heavy atom. The Kier molecular flexibility index (Phi) is 7.25. The van der Waals surface area contributed by atoms with E-state index in [0.717, 1.165) is 6.42 Å². The first-order chi connectivity index (χ1) is 10.4. The van der Waals surface area contributed by atoms with E-state index in [-0.39, 0.29) is 18.1 Å². The van der Waals surface area contributed by atoms with E-state index in [1.54, 1.807) is 24.3 Å². The molecule has 3 N–H and O–H groups in total. The number of rotatable bonds is 9. The highest BCUT2D eigenvalue weighted by atomic mass is 16.4. The molecular formula is C16H22N2O4. The summed E-state index contributed by atoms with van der Waals surface area (Å²) in [6.45, 7) is 3.69. The highest BCUT2D eigenvalue weighted by Crippen LogP contribution is 2.10. The van der Waals surface area contributed by atoms with Crippen LogP contribution in [0.15, 0.2) is 24.3 Å². The number of carbonyl (C=O) groups excluding carboxylic acids is 2. The molecule has 22 heavy (non-hydrogen) atoms. The van der Waals surface area contributed by atoms with Crippen LogP contribution in [0.3, 0.4) is 0 Å². The highest BCUT2D eigenvalue weighted by Gasteiger charge is 2.15. The number of anilines is 1. The zero-order valence-corrected chi connectivity index (χ0v) is 12.9. The SMILES string of the molecule is CCCC(NCCC(=O)Nc1ccc(C(C)=O)cc1)C(=O)O. The van der Waals surface area contributed by atoms with Gasteiger partial charge in [0.1, 0.15) is 6.04 Å². The minimum absolute atomic E-state index is 0.0299. The van der Waals surface area contributed by atoms with Crippen LogP contribution in [-0.4, -0.2) is 35.4 Å². The van der Waals surface area contributed by atoms with Crippen LogP contribution in [0.25, 0.3) is 0 Å². The predicted molar refractivity (Wildman–Crippen MR) is 84.0 cm³/mol. The lowest BCUT2D eigenvalue weighted by atomic mass is 10.1. The monoisotopic (exact) mass is 306 g/mol. The average molecular weight is 306 g/mol. The normalized spacial score (nSPS) is 11.7. The molecule has 0 saturated heterocycles. The van der Waals surface area contributed by atoms with Gasteiger partial charge in [-0.2, -0.15) is 0 Å². The van der Waals surface area contributed by atoms with E-state index < -0.39 is 12.0 Å². The summed E-state index contributed by atoms with van der Waals surface area (Å²) in [4.78, 5) is 33.9. The molecule has 0 aliphatic carbocycles. The summed E-state index contributed by atoms with van der Waals surface area (Å²) in [5.74, 6) is -1.14. The van der Waals surface area contributed by atoms with Gasteiger partial charge >= 0.3 is 5.97 Å². The molecule has 1 rings (SSSR count). The molecule has 1 unspecified atom stereocenters. The molecule has 1 atom stereocenters. The summed E-state index contributed by atoms with van der Waals surface area (Å²) >= 11 is 0. The molecule has 0 fully saturated rings. The number of carboxylic acid groups (broad SMARTS) is 1. The third-order valence-electron chi connectivity index (χ3n) is 3.19. The number of hydrogen-bond donors (Lipinski definition) is 3. The lowest BCUT2D eigenvalue weighted by Gasteiger charge is -2.13. The van der Waals surface area contributed by atoms with Crippen molar-refractivity contribution in [3.8, 4) is 0 Å². The number of amides is 1. The van der Waals surface area contributed by atoms with E-state index in [2.05, 4.69) is 10.6 Å². The van der Waals surface area contributed by atoms with Gasteiger partial charge in [-0.3, -0.25) is 14.4 Å². The van der Waals surface area contributed by atoms with Crippen LogP contribution in [-0.2, 0) is 9.59 Å². The van der Waals surface area contributed by atoms with Crippen molar-refractivity contribution in [2.24, 2.45) is 0 Å². The molecule has 120 valence electrons. The van der Waals surface area contributed by atoms with Crippen molar-refractivity contribution in [1.82, 2.24) is 5.32 Å². The van der Waals surface area contributed by atoms with Crippen LogP contribution in [0.2, 0.25) is 0 Å². The Balaban J connectivity index is 2.39. The molecule has 1 amide bonds. The number of carbonyl (C=O) groups is 3. The molecule has 0 radical (unpaired) electrons. The van der Waals surface area contributed by atoms with Gasteiger partial charge in [0.2, 0.25) is 5.91 Å². The summed E-state index contributed by atoms with van der Waals surface area (Å²) in [7, 11) is 0. The molecule has 6 heteroatoms. The second-order valence-electron chi connectivity index (χ2n) is 5.07. The van der Waals surface area contributed by atoms with E-state index in [9.17, 15) is 14.4 Å². The number of aliphatic carboxylic acids is 1. The molecule has 1 aromatic carbocycles. The summed E-state index contributed by atoms with van der Waals surface area (Å²) in [5.41, 5.74) is 1.20. The molecule has 0 spiro atoms. The average Bonchev–Trinajstić information content (AvgIpc) is 2.46. The maximum absolute atomic E-state index is 11.8. The molecule has 0 saturated carbocycles. The second-order valence-corrected chi connectivity index (χ2v) is 5.07.